The summed E-state index contributed by atoms with van der Waals surface area (Å²) in [5, 5.41) is 15.9. The normalized spacial score (nSPS) is 11.6. The van der Waals surface area contributed by atoms with Crippen molar-refractivity contribution >= 4 is 23.7 Å². The van der Waals surface area contributed by atoms with Gasteiger partial charge in [-0.25, -0.2) is 0 Å². The van der Waals surface area contributed by atoms with E-state index in [9.17, 15) is 9.59 Å². The maximum Gasteiger partial charge on any atom is 0.317 e. The van der Waals surface area contributed by atoms with Crippen molar-refractivity contribution in [2.24, 2.45) is 0 Å². The van der Waals surface area contributed by atoms with Crippen LogP contribution in [0.25, 0.3) is 0 Å². The van der Waals surface area contributed by atoms with Crippen LogP contribution in [0, 0.1) is 12.3 Å². The molecule has 0 bridgehead atoms. The third kappa shape index (κ3) is 4.63. The molecule has 1 atom stereocenters. The van der Waals surface area contributed by atoms with E-state index in [0.717, 1.165) is 11.8 Å². The third-order valence-corrected chi connectivity index (χ3v) is 2.11. The van der Waals surface area contributed by atoms with E-state index in [-0.39, 0.29) is 5.75 Å². The van der Waals surface area contributed by atoms with Crippen LogP contribution in [0.15, 0.2) is 0 Å². The minimum atomic E-state index is -1.14. The van der Waals surface area contributed by atoms with Gasteiger partial charge in [-0.1, -0.05) is 5.92 Å². The maximum absolute atomic E-state index is 10.4. The molecule has 1 unspecified atom stereocenters. The molecule has 0 aliphatic heterocycles. The largest absolute Gasteiger partial charge is 0.481 e. The number of aliphatic carboxylic acids is 2. The van der Waals surface area contributed by atoms with Crippen molar-refractivity contribution in [3.05, 3.63) is 0 Å². The Bertz CT molecular complexity index is 218. The highest BCUT2D eigenvalue weighted by atomic mass is 32.2. The third-order valence-electron chi connectivity index (χ3n) is 1.00. The van der Waals surface area contributed by atoms with Gasteiger partial charge in [-0.3, -0.25) is 9.59 Å². The molecule has 0 aromatic rings. The van der Waals surface area contributed by atoms with Gasteiger partial charge < -0.3 is 10.2 Å². The highest BCUT2D eigenvalue weighted by Crippen LogP contribution is 2.14. The van der Waals surface area contributed by atoms with Crippen LogP contribution in [0.2, 0.25) is 0 Å². The molecule has 2 N–H and O–H groups in total. The molecule has 0 aromatic heterocycles. The summed E-state index contributed by atoms with van der Waals surface area (Å²) in [6.45, 7) is 0. The van der Waals surface area contributed by atoms with Crippen LogP contribution >= 0.6 is 11.8 Å². The number of terminal acetylenes is 1. The number of thioether (sulfide) groups is 1. The number of carboxylic acids is 2. The molecule has 0 aliphatic rings. The van der Waals surface area contributed by atoms with Crippen LogP contribution in [-0.2, 0) is 9.59 Å². The lowest BCUT2D eigenvalue weighted by Gasteiger charge is -2.05. The molecule has 0 aromatic carbocycles. The first-order valence-corrected chi connectivity index (χ1v) is 4.12. The molecule has 0 radical (unpaired) electrons. The van der Waals surface area contributed by atoms with E-state index < -0.39 is 23.6 Å². The highest BCUT2D eigenvalue weighted by Gasteiger charge is 2.20. The van der Waals surface area contributed by atoms with Crippen LogP contribution in [0.3, 0.4) is 0 Å². The summed E-state index contributed by atoms with van der Waals surface area (Å²) in [6.07, 6.45) is 4.50. The van der Waals surface area contributed by atoms with E-state index in [0.29, 0.717) is 0 Å². The quantitative estimate of drug-likeness (QED) is 0.606. The molecule has 0 fully saturated rings. The SMILES string of the molecule is C#CCSC(CC(=O)O)C(=O)O. The average molecular weight is 188 g/mol. The zero-order valence-electron chi connectivity index (χ0n) is 6.19. The van der Waals surface area contributed by atoms with Gasteiger partial charge in [0.1, 0.15) is 5.25 Å². The Morgan fingerprint density at radius 3 is 2.42 bits per heavy atom. The molecule has 0 aliphatic carbocycles. The first-order valence-electron chi connectivity index (χ1n) is 3.07. The second kappa shape index (κ2) is 5.49. The predicted octanol–water partition coefficient (Wildman–Crippen LogP) is 0.281. The van der Waals surface area contributed by atoms with Crippen molar-refractivity contribution in [2.45, 2.75) is 11.7 Å². The van der Waals surface area contributed by atoms with Gasteiger partial charge in [-0.15, -0.1) is 18.2 Å². The van der Waals surface area contributed by atoms with Crippen LogP contribution in [-0.4, -0.2) is 33.2 Å². The Balaban J connectivity index is 3.97. The molecule has 0 saturated carbocycles. The summed E-state index contributed by atoms with van der Waals surface area (Å²) in [5.74, 6) is 0.172. The molecule has 0 saturated heterocycles. The van der Waals surface area contributed by atoms with Crippen molar-refractivity contribution in [3.8, 4) is 12.3 Å². The Morgan fingerprint density at radius 2 is 2.08 bits per heavy atom. The number of carbonyl (C=O) groups is 2. The van der Waals surface area contributed by atoms with Crippen molar-refractivity contribution in [1.82, 2.24) is 0 Å². The van der Waals surface area contributed by atoms with E-state index in [4.69, 9.17) is 16.6 Å². The average Bonchev–Trinajstić information content (AvgIpc) is 1.96. The Morgan fingerprint density at radius 1 is 1.50 bits per heavy atom. The lowest BCUT2D eigenvalue weighted by molar-refractivity contribution is -0.142. The van der Waals surface area contributed by atoms with Crippen LogP contribution < -0.4 is 0 Å². The van der Waals surface area contributed by atoms with E-state index >= 15 is 0 Å². The second-order valence-corrected chi connectivity index (χ2v) is 3.13. The van der Waals surface area contributed by atoms with Gasteiger partial charge in [0.2, 0.25) is 0 Å². The Kier molecular flexibility index (Phi) is 4.97. The van der Waals surface area contributed by atoms with Crippen molar-refractivity contribution in [2.75, 3.05) is 5.75 Å². The van der Waals surface area contributed by atoms with Gasteiger partial charge in [-0.05, 0) is 0 Å². The predicted molar refractivity (Wildman–Crippen MR) is 45.0 cm³/mol. The second-order valence-electron chi connectivity index (χ2n) is 1.94. The molecule has 0 spiro atoms. The van der Waals surface area contributed by atoms with Crippen LogP contribution in [0.5, 0.6) is 0 Å². The minimum absolute atomic E-state index is 0.213. The fourth-order valence-corrected chi connectivity index (χ4v) is 1.23. The zero-order chi connectivity index (χ0) is 9.56. The lowest BCUT2D eigenvalue weighted by atomic mass is 10.3. The van der Waals surface area contributed by atoms with Gasteiger partial charge in [0.25, 0.3) is 0 Å². The lowest BCUT2D eigenvalue weighted by Crippen LogP contribution is -2.20. The zero-order valence-corrected chi connectivity index (χ0v) is 7.00. The summed E-state index contributed by atoms with van der Waals surface area (Å²) in [4.78, 5) is 20.5. The molecule has 4 nitrogen and oxygen atoms in total. The summed E-state index contributed by atoms with van der Waals surface area (Å²) >= 11 is 0.941. The van der Waals surface area contributed by atoms with Crippen molar-refractivity contribution in [3.63, 3.8) is 0 Å². The van der Waals surface area contributed by atoms with E-state index in [1.165, 1.54) is 0 Å². The molecule has 0 heterocycles. The standard InChI is InChI=1S/C7H8O4S/c1-2-3-12-5(7(10)11)4-6(8)9/h1,5H,3-4H2,(H,8,9)(H,10,11). The Hall–Kier alpha value is -1.15. The smallest absolute Gasteiger partial charge is 0.317 e. The number of rotatable bonds is 5. The van der Waals surface area contributed by atoms with E-state index in [1.54, 1.807) is 0 Å². The van der Waals surface area contributed by atoms with E-state index in [2.05, 4.69) is 5.92 Å². The number of carboxylic acid groups (broad SMARTS) is 2. The summed E-state index contributed by atoms with van der Waals surface area (Å²) in [7, 11) is 0. The van der Waals surface area contributed by atoms with Gasteiger partial charge in [-0.2, -0.15) is 0 Å². The van der Waals surface area contributed by atoms with Crippen molar-refractivity contribution in [1.29, 1.82) is 0 Å². The van der Waals surface area contributed by atoms with Crippen LogP contribution in [0.4, 0.5) is 0 Å². The summed E-state index contributed by atoms with van der Waals surface area (Å²) in [6, 6.07) is 0. The summed E-state index contributed by atoms with van der Waals surface area (Å²) < 4.78 is 0. The topological polar surface area (TPSA) is 74.6 Å². The molecule has 0 rings (SSSR count). The maximum atomic E-state index is 10.4. The fourth-order valence-electron chi connectivity index (χ4n) is 0.525. The molecular formula is C7H8O4S. The molecule has 12 heavy (non-hydrogen) atoms. The molecule has 0 amide bonds. The van der Waals surface area contributed by atoms with Gasteiger partial charge in [0.15, 0.2) is 0 Å². The summed E-state index contributed by atoms with van der Waals surface area (Å²) in [5.41, 5.74) is 0. The first kappa shape index (κ1) is 10.8. The van der Waals surface area contributed by atoms with E-state index in [1.807, 2.05) is 0 Å². The minimum Gasteiger partial charge on any atom is -0.481 e. The molecule has 5 heteroatoms. The first-order chi connectivity index (χ1) is 5.57. The number of hydrogen-bond acceptors (Lipinski definition) is 3. The fraction of sp³-hybridized carbons (Fsp3) is 0.429. The highest BCUT2D eigenvalue weighted by molar-refractivity contribution is 8.00. The Labute approximate surface area is 74.0 Å². The monoisotopic (exact) mass is 188 g/mol. The van der Waals surface area contributed by atoms with Crippen molar-refractivity contribution < 1.29 is 19.8 Å². The number of hydrogen-bond donors (Lipinski definition) is 2. The molecule has 66 valence electrons. The van der Waals surface area contributed by atoms with Gasteiger partial charge in [0.05, 0.1) is 12.2 Å². The van der Waals surface area contributed by atoms with Gasteiger partial charge >= 0.3 is 11.9 Å². The van der Waals surface area contributed by atoms with Gasteiger partial charge in [0, 0.05) is 0 Å². The molecular weight excluding hydrogens is 180 g/mol. The van der Waals surface area contributed by atoms with Crippen LogP contribution in [0.1, 0.15) is 6.42 Å².